The maximum atomic E-state index is 11.6. The van der Waals surface area contributed by atoms with Gasteiger partial charge in [0.2, 0.25) is 0 Å². The smallest absolute Gasteiger partial charge is 0.344 e. The van der Waals surface area contributed by atoms with Crippen molar-refractivity contribution in [2.75, 3.05) is 52.5 Å². The van der Waals surface area contributed by atoms with Gasteiger partial charge in [-0.05, 0) is 12.8 Å². The third kappa shape index (κ3) is 9.36. The van der Waals surface area contributed by atoms with Crippen LogP contribution in [0.15, 0.2) is 0 Å². The van der Waals surface area contributed by atoms with Crippen LogP contribution in [-0.4, -0.2) is 85.8 Å². The van der Waals surface area contributed by atoms with Crippen LogP contribution in [0.3, 0.4) is 0 Å². The van der Waals surface area contributed by atoms with E-state index < -0.39 is 12.1 Å². The molecule has 2 fully saturated rings. The summed E-state index contributed by atoms with van der Waals surface area (Å²) in [6, 6.07) is -0.935. The van der Waals surface area contributed by atoms with Crippen molar-refractivity contribution in [1.29, 1.82) is 0 Å². The van der Waals surface area contributed by atoms with Crippen molar-refractivity contribution in [3.63, 3.8) is 0 Å². The van der Waals surface area contributed by atoms with Gasteiger partial charge in [0.05, 0.1) is 25.9 Å². The number of hydrogen-bond donors (Lipinski definition) is 7. The average molecular weight is 433 g/mol. The molecular formula is C16H36N10O4. The highest BCUT2D eigenvalue weighted by Crippen LogP contribution is 2.13. The van der Waals surface area contributed by atoms with Gasteiger partial charge in [0.1, 0.15) is 0 Å². The van der Waals surface area contributed by atoms with Crippen molar-refractivity contribution in [3.05, 3.63) is 0 Å². The number of hydrazine groups is 6. The second kappa shape index (κ2) is 14.3. The standard InChI is InChI=1S/C16H36N10O4/c17-19-15(27)21-23-24-7-12-30-14(13-24)5-3-1-2-4-6-26(22-16(28)20-18)25-8-10-29-11-9-25/h14,23H,1-13,17-18H2,(H2,19,21,27)(H2,20,22,28). The zero-order chi connectivity index (χ0) is 21.6. The Morgan fingerprint density at radius 1 is 0.967 bits per heavy atom. The van der Waals surface area contributed by atoms with E-state index in [1.54, 1.807) is 0 Å². The van der Waals surface area contributed by atoms with Crippen LogP contribution in [0, 0.1) is 0 Å². The minimum Gasteiger partial charge on any atom is -0.379 e. The Morgan fingerprint density at radius 2 is 1.70 bits per heavy atom. The van der Waals surface area contributed by atoms with Crippen LogP contribution in [0.2, 0.25) is 0 Å². The number of carbonyl (C=O) groups excluding carboxylic acids is 2. The quantitative estimate of drug-likeness (QED) is 0.0826. The second-order valence-corrected chi connectivity index (χ2v) is 7.13. The first-order valence-electron chi connectivity index (χ1n) is 10.4. The lowest BCUT2D eigenvalue weighted by molar-refractivity contribution is -0.111. The molecule has 0 aromatic heterocycles. The molecule has 14 heteroatoms. The number of nitrogens with zero attached hydrogens (tertiary/aromatic N) is 3. The zero-order valence-corrected chi connectivity index (χ0v) is 17.4. The Kier molecular flexibility index (Phi) is 11.6. The predicted octanol–water partition coefficient (Wildman–Crippen LogP) is -2.13. The van der Waals surface area contributed by atoms with Crippen LogP contribution in [0.5, 0.6) is 0 Å². The lowest BCUT2D eigenvalue weighted by Crippen LogP contribution is -2.59. The monoisotopic (exact) mass is 432 g/mol. The molecular weight excluding hydrogens is 396 g/mol. The molecule has 2 heterocycles. The van der Waals surface area contributed by atoms with E-state index in [0.717, 1.165) is 45.2 Å². The highest BCUT2D eigenvalue weighted by molar-refractivity contribution is 5.72. The molecule has 9 N–H and O–H groups in total. The number of urea groups is 2. The minimum absolute atomic E-state index is 0.119. The predicted molar refractivity (Wildman–Crippen MR) is 108 cm³/mol. The van der Waals surface area contributed by atoms with Gasteiger partial charge in [0.15, 0.2) is 0 Å². The molecule has 174 valence electrons. The van der Waals surface area contributed by atoms with E-state index in [2.05, 4.69) is 26.8 Å². The van der Waals surface area contributed by atoms with Gasteiger partial charge in [-0.2, -0.15) is 10.7 Å². The molecule has 2 aliphatic rings. The van der Waals surface area contributed by atoms with Crippen LogP contribution in [0.25, 0.3) is 0 Å². The Hall–Kier alpha value is -1.78. The molecule has 0 aliphatic carbocycles. The molecule has 0 aromatic rings. The molecule has 4 amide bonds. The first kappa shape index (κ1) is 24.5. The fourth-order valence-corrected chi connectivity index (χ4v) is 3.36. The van der Waals surface area contributed by atoms with E-state index >= 15 is 0 Å². The molecule has 0 spiro atoms. The van der Waals surface area contributed by atoms with Gasteiger partial charge in [-0.15, -0.1) is 0 Å². The van der Waals surface area contributed by atoms with Crippen LogP contribution < -0.4 is 38.9 Å². The number of rotatable bonds is 11. The molecule has 0 aromatic carbocycles. The molecule has 2 saturated heterocycles. The average Bonchev–Trinajstić information content (AvgIpc) is 2.79. The Bertz CT molecular complexity index is 508. The highest BCUT2D eigenvalue weighted by atomic mass is 16.5. The van der Waals surface area contributed by atoms with Gasteiger partial charge < -0.3 is 9.47 Å². The fraction of sp³-hybridized carbons (Fsp3) is 0.875. The van der Waals surface area contributed by atoms with Crippen molar-refractivity contribution in [2.24, 2.45) is 11.7 Å². The maximum absolute atomic E-state index is 11.6. The Morgan fingerprint density at radius 3 is 2.43 bits per heavy atom. The van der Waals surface area contributed by atoms with Gasteiger partial charge in [-0.3, -0.25) is 21.7 Å². The van der Waals surface area contributed by atoms with Gasteiger partial charge in [-0.25, -0.2) is 31.3 Å². The van der Waals surface area contributed by atoms with E-state index in [1.807, 2.05) is 15.6 Å². The SMILES string of the molecule is NNC(=O)NNN1CCOC(CCCCCCN(NC(=O)NN)N2CCOCC2)C1. The van der Waals surface area contributed by atoms with E-state index in [4.69, 9.17) is 21.2 Å². The van der Waals surface area contributed by atoms with Gasteiger partial charge in [0.25, 0.3) is 0 Å². The molecule has 1 unspecified atom stereocenters. The number of nitrogens with two attached hydrogens (primary N) is 2. The molecule has 1 atom stereocenters. The summed E-state index contributed by atoms with van der Waals surface area (Å²) in [4.78, 5) is 22.7. The molecule has 14 nitrogen and oxygen atoms in total. The Labute approximate surface area is 176 Å². The number of hydrogen-bond acceptors (Lipinski definition) is 10. The molecule has 0 saturated carbocycles. The number of amides is 4. The normalized spacial score (nSPS) is 20.7. The summed E-state index contributed by atoms with van der Waals surface area (Å²) in [5.74, 6) is 10.2. The summed E-state index contributed by atoms with van der Waals surface area (Å²) >= 11 is 0. The number of morpholine rings is 2. The van der Waals surface area contributed by atoms with Gasteiger partial charge in [0, 0.05) is 32.7 Å². The fourth-order valence-electron chi connectivity index (χ4n) is 3.36. The number of unbranched alkanes of at least 4 members (excludes halogenated alkanes) is 3. The molecule has 0 bridgehead atoms. The van der Waals surface area contributed by atoms with Gasteiger partial charge in [-0.1, -0.05) is 19.3 Å². The Balaban J connectivity index is 1.59. The summed E-state index contributed by atoms with van der Waals surface area (Å²) in [6.07, 6.45) is 5.17. The van der Waals surface area contributed by atoms with Crippen molar-refractivity contribution >= 4 is 12.1 Å². The topological polar surface area (TPSA) is 175 Å². The summed E-state index contributed by atoms with van der Waals surface area (Å²) in [5, 5.41) is 5.79. The number of nitrogens with one attached hydrogen (secondary N) is 5. The van der Waals surface area contributed by atoms with Crippen molar-refractivity contribution in [3.8, 4) is 0 Å². The van der Waals surface area contributed by atoms with Crippen LogP contribution in [0.1, 0.15) is 32.1 Å². The lowest BCUT2D eigenvalue weighted by atomic mass is 10.1. The minimum atomic E-state index is -0.498. The highest BCUT2D eigenvalue weighted by Gasteiger charge is 2.21. The van der Waals surface area contributed by atoms with Crippen LogP contribution in [-0.2, 0) is 9.47 Å². The largest absolute Gasteiger partial charge is 0.379 e. The summed E-state index contributed by atoms with van der Waals surface area (Å²) < 4.78 is 11.2. The lowest BCUT2D eigenvalue weighted by Gasteiger charge is -2.36. The van der Waals surface area contributed by atoms with Gasteiger partial charge >= 0.3 is 12.1 Å². The number of carbonyl (C=O) groups is 2. The van der Waals surface area contributed by atoms with E-state index in [1.165, 1.54) is 0 Å². The third-order valence-corrected chi connectivity index (χ3v) is 4.93. The first-order chi connectivity index (χ1) is 14.6. The van der Waals surface area contributed by atoms with Crippen LogP contribution >= 0.6 is 0 Å². The second-order valence-electron chi connectivity index (χ2n) is 7.13. The molecule has 0 radical (unpaired) electrons. The van der Waals surface area contributed by atoms with E-state index in [9.17, 15) is 9.59 Å². The van der Waals surface area contributed by atoms with E-state index in [-0.39, 0.29) is 6.10 Å². The summed E-state index contributed by atoms with van der Waals surface area (Å²) in [5.41, 5.74) is 12.1. The summed E-state index contributed by atoms with van der Waals surface area (Å²) in [7, 11) is 0. The third-order valence-electron chi connectivity index (χ3n) is 4.93. The maximum Gasteiger partial charge on any atom is 0.344 e. The van der Waals surface area contributed by atoms with Crippen LogP contribution in [0.4, 0.5) is 9.59 Å². The summed E-state index contributed by atoms with van der Waals surface area (Å²) in [6.45, 7) is 5.43. The van der Waals surface area contributed by atoms with Crippen molar-refractivity contribution < 1.29 is 19.1 Å². The van der Waals surface area contributed by atoms with E-state index in [0.29, 0.717) is 39.5 Å². The number of ether oxygens (including phenoxy) is 2. The van der Waals surface area contributed by atoms with Crippen molar-refractivity contribution in [1.82, 2.24) is 42.4 Å². The first-order valence-corrected chi connectivity index (χ1v) is 10.4. The zero-order valence-electron chi connectivity index (χ0n) is 17.4. The molecule has 2 aliphatic heterocycles. The molecule has 2 rings (SSSR count). The van der Waals surface area contributed by atoms with Crippen molar-refractivity contribution in [2.45, 2.75) is 38.2 Å². The molecule has 30 heavy (non-hydrogen) atoms.